The number of morpholine rings is 1. The van der Waals surface area contributed by atoms with E-state index in [9.17, 15) is 17.6 Å². The van der Waals surface area contributed by atoms with Crippen LogP contribution in [0.25, 0.3) is 0 Å². The highest BCUT2D eigenvalue weighted by molar-refractivity contribution is 7.90. The van der Waals surface area contributed by atoms with E-state index in [1.165, 1.54) is 24.4 Å². The molecule has 2 aromatic carbocycles. The molecule has 1 aromatic heterocycles. The highest BCUT2D eigenvalue weighted by Gasteiger charge is 2.29. The van der Waals surface area contributed by atoms with Gasteiger partial charge < -0.3 is 18.9 Å². The molecule has 2 saturated heterocycles. The van der Waals surface area contributed by atoms with Gasteiger partial charge in [0.1, 0.15) is 5.82 Å². The predicted molar refractivity (Wildman–Crippen MR) is 151 cm³/mol. The zero-order chi connectivity index (χ0) is 28.7. The Labute approximate surface area is 240 Å². The third-order valence-electron chi connectivity index (χ3n) is 7.59. The van der Waals surface area contributed by atoms with Crippen LogP contribution in [0.5, 0.6) is 0 Å². The molecule has 9 nitrogen and oxygen atoms in total. The lowest BCUT2D eigenvalue weighted by Gasteiger charge is -2.30. The van der Waals surface area contributed by atoms with Crippen LogP contribution < -0.4 is 0 Å². The van der Waals surface area contributed by atoms with Crippen LogP contribution in [0.4, 0.5) is 4.39 Å². The molecule has 0 bridgehead atoms. The van der Waals surface area contributed by atoms with E-state index in [1.807, 2.05) is 30.3 Å². The quantitative estimate of drug-likeness (QED) is 0.323. The van der Waals surface area contributed by atoms with Gasteiger partial charge in [0.05, 0.1) is 56.5 Å². The Bertz CT molecular complexity index is 1400. The van der Waals surface area contributed by atoms with E-state index in [-0.39, 0.29) is 35.7 Å². The number of ether oxygens (including phenoxy) is 2. The number of amides is 1. The molecule has 0 unspecified atom stereocenters. The Kier molecular flexibility index (Phi) is 9.81. The standard InChI is InChI=1S/C30H37FN4O5S/c31-28-11-5-4-9-25(28)23-41(37,38)30-32-20-26(35(30)22-27-10-6-16-40-27)21-34(13-12-33-14-17-39-18-15-33)29(36)19-24-7-2-1-3-8-24/h1-5,7-9,11,20,27H,6,10,12-19,21-23H2/t27-/m1/s1. The summed E-state index contributed by atoms with van der Waals surface area (Å²) in [6.45, 7) is 5.21. The Morgan fingerprint density at radius 3 is 2.54 bits per heavy atom. The summed E-state index contributed by atoms with van der Waals surface area (Å²) >= 11 is 0. The molecule has 220 valence electrons. The molecule has 0 radical (unpaired) electrons. The van der Waals surface area contributed by atoms with Gasteiger partial charge in [0.15, 0.2) is 0 Å². The molecule has 1 amide bonds. The van der Waals surface area contributed by atoms with Crippen molar-refractivity contribution < 1.29 is 27.1 Å². The maximum atomic E-state index is 14.4. The fourth-order valence-corrected chi connectivity index (χ4v) is 6.81. The van der Waals surface area contributed by atoms with Crippen molar-refractivity contribution in [3.63, 3.8) is 0 Å². The first-order valence-corrected chi connectivity index (χ1v) is 15.8. The summed E-state index contributed by atoms with van der Waals surface area (Å²) < 4.78 is 54.5. The normalized spacial score (nSPS) is 18.0. The van der Waals surface area contributed by atoms with E-state index < -0.39 is 21.4 Å². The average molecular weight is 585 g/mol. The number of carbonyl (C=O) groups is 1. The molecule has 2 fully saturated rings. The van der Waals surface area contributed by atoms with Crippen LogP contribution in [0, 0.1) is 5.82 Å². The first-order valence-electron chi connectivity index (χ1n) is 14.1. The fraction of sp³-hybridized carbons (Fsp3) is 0.467. The second kappa shape index (κ2) is 13.7. The summed E-state index contributed by atoms with van der Waals surface area (Å²) in [6.07, 6.45) is 3.31. The number of benzene rings is 2. The van der Waals surface area contributed by atoms with Crippen molar-refractivity contribution in [1.82, 2.24) is 19.4 Å². The third-order valence-corrected chi connectivity index (χ3v) is 9.16. The molecule has 0 spiro atoms. The Balaban J connectivity index is 1.42. The van der Waals surface area contributed by atoms with Gasteiger partial charge in [0.25, 0.3) is 0 Å². The van der Waals surface area contributed by atoms with Gasteiger partial charge in [-0.25, -0.2) is 17.8 Å². The molecule has 2 aliphatic heterocycles. The van der Waals surface area contributed by atoms with Crippen molar-refractivity contribution in [2.24, 2.45) is 0 Å². The second-order valence-corrected chi connectivity index (χ2v) is 12.4. The van der Waals surface area contributed by atoms with Crippen LogP contribution in [0.15, 0.2) is 66.0 Å². The van der Waals surface area contributed by atoms with Gasteiger partial charge in [-0.15, -0.1) is 0 Å². The van der Waals surface area contributed by atoms with Gasteiger partial charge in [0, 0.05) is 38.3 Å². The summed E-state index contributed by atoms with van der Waals surface area (Å²) in [4.78, 5) is 22.0. The summed E-state index contributed by atoms with van der Waals surface area (Å²) in [6, 6.07) is 15.4. The topological polar surface area (TPSA) is 94.0 Å². The molecule has 11 heteroatoms. The molecule has 0 saturated carbocycles. The number of aromatic nitrogens is 2. The molecule has 0 aliphatic carbocycles. The van der Waals surface area contributed by atoms with E-state index in [0.29, 0.717) is 45.1 Å². The molecule has 0 N–H and O–H groups in total. The Morgan fingerprint density at radius 2 is 1.80 bits per heavy atom. The second-order valence-electron chi connectivity index (χ2n) is 10.6. The smallest absolute Gasteiger partial charge is 0.228 e. The summed E-state index contributed by atoms with van der Waals surface area (Å²) in [5.74, 6) is -1.13. The first-order chi connectivity index (χ1) is 19.9. The Morgan fingerprint density at radius 1 is 1.05 bits per heavy atom. The van der Waals surface area contributed by atoms with Crippen LogP contribution in [0.1, 0.15) is 29.7 Å². The number of sulfone groups is 1. The Hall–Kier alpha value is -3.12. The minimum Gasteiger partial charge on any atom is -0.379 e. The van der Waals surface area contributed by atoms with Gasteiger partial charge in [0.2, 0.25) is 20.9 Å². The van der Waals surface area contributed by atoms with Crippen LogP contribution in [-0.4, -0.2) is 85.8 Å². The van der Waals surface area contributed by atoms with Gasteiger partial charge in [-0.3, -0.25) is 9.69 Å². The van der Waals surface area contributed by atoms with Gasteiger partial charge in [-0.05, 0) is 24.5 Å². The van der Waals surface area contributed by atoms with Crippen molar-refractivity contribution in [2.45, 2.75) is 49.4 Å². The minimum atomic E-state index is -3.99. The lowest BCUT2D eigenvalue weighted by atomic mass is 10.1. The van der Waals surface area contributed by atoms with Crippen molar-refractivity contribution in [2.75, 3.05) is 46.0 Å². The third kappa shape index (κ3) is 7.79. The monoisotopic (exact) mass is 584 g/mol. The van der Waals surface area contributed by atoms with Crippen LogP contribution in [0.2, 0.25) is 0 Å². The lowest BCUT2D eigenvalue weighted by Crippen LogP contribution is -2.43. The van der Waals surface area contributed by atoms with Crippen molar-refractivity contribution >= 4 is 15.7 Å². The van der Waals surface area contributed by atoms with E-state index in [0.717, 1.165) is 31.5 Å². The van der Waals surface area contributed by atoms with Gasteiger partial charge in [-0.2, -0.15) is 0 Å². The molecule has 3 heterocycles. The summed E-state index contributed by atoms with van der Waals surface area (Å²) in [5, 5.41) is -0.130. The van der Waals surface area contributed by atoms with Crippen molar-refractivity contribution in [1.29, 1.82) is 0 Å². The van der Waals surface area contributed by atoms with Crippen LogP contribution in [-0.2, 0) is 49.4 Å². The van der Waals surface area contributed by atoms with Gasteiger partial charge in [-0.1, -0.05) is 48.5 Å². The number of carbonyl (C=O) groups excluding carboxylic acids is 1. The largest absolute Gasteiger partial charge is 0.379 e. The molecule has 41 heavy (non-hydrogen) atoms. The van der Waals surface area contributed by atoms with E-state index in [4.69, 9.17) is 9.47 Å². The zero-order valence-electron chi connectivity index (χ0n) is 23.2. The zero-order valence-corrected chi connectivity index (χ0v) is 24.0. The predicted octanol–water partition coefficient (Wildman–Crippen LogP) is 3.08. The molecule has 3 aromatic rings. The van der Waals surface area contributed by atoms with E-state index >= 15 is 0 Å². The SMILES string of the molecule is O=C(Cc1ccccc1)N(CCN1CCOCC1)Cc1cnc(S(=O)(=O)Cc2ccccc2F)n1C[C@H]1CCCO1. The highest BCUT2D eigenvalue weighted by Crippen LogP contribution is 2.23. The molecular formula is C30H37FN4O5S. The molecule has 5 rings (SSSR count). The highest BCUT2D eigenvalue weighted by atomic mass is 32.2. The molecule has 2 aliphatic rings. The maximum Gasteiger partial charge on any atom is 0.228 e. The minimum absolute atomic E-state index is 0.0508. The number of hydrogen-bond donors (Lipinski definition) is 0. The van der Waals surface area contributed by atoms with Gasteiger partial charge >= 0.3 is 0 Å². The summed E-state index contributed by atoms with van der Waals surface area (Å²) in [5.41, 5.74) is 1.61. The maximum absolute atomic E-state index is 14.4. The number of hydrogen-bond acceptors (Lipinski definition) is 7. The molecular weight excluding hydrogens is 547 g/mol. The summed E-state index contributed by atoms with van der Waals surface area (Å²) in [7, 11) is -3.99. The number of halogens is 1. The average Bonchev–Trinajstić information content (AvgIpc) is 3.64. The molecule has 1 atom stereocenters. The van der Waals surface area contributed by atoms with Crippen LogP contribution >= 0.6 is 0 Å². The van der Waals surface area contributed by atoms with Crippen LogP contribution in [0.3, 0.4) is 0 Å². The number of imidazole rings is 1. The van der Waals surface area contributed by atoms with E-state index in [2.05, 4.69) is 9.88 Å². The number of rotatable bonds is 12. The fourth-order valence-electron chi connectivity index (χ4n) is 5.30. The van der Waals surface area contributed by atoms with E-state index in [1.54, 1.807) is 15.5 Å². The lowest BCUT2D eigenvalue weighted by molar-refractivity contribution is -0.131. The number of nitrogens with zero attached hydrogens (tertiary/aromatic N) is 4. The van der Waals surface area contributed by atoms with Crippen molar-refractivity contribution in [3.05, 3.63) is 83.4 Å². The first kappa shape index (κ1) is 29.4. The van der Waals surface area contributed by atoms with Crippen molar-refractivity contribution in [3.8, 4) is 0 Å².